The highest BCUT2D eigenvalue weighted by Gasteiger charge is 2.27. The van der Waals surface area contributed by atoms with E-state index in [1.54, 1.807) is 0 Å². The molecule has 4 heteroatoms. The van der Waals surface area contributed by atoms with Crippen molar-refractivity contribution in [2.45, 2.75) is 70.4 Å². The fraction of sp³-hybridized carbons (Fsp3) is 0.625. The Hall–Kier alpha value is -1.81. The summed E-state index contributed by atoms with van der Waals surface area (Å²) in [5.41, 5.74) is 2.50. The average Bonchev–Trinajstić information content (AvgIpc) is 3.07. The van der Waals surface area contributed by atoms with E-state index < -0.39 is 0 Å². The molecule has 152 valence electrons. The van der Waals surface area contributed by atoms with Crippen molar-refractivity contribution in [2.24, 2.45) is 7.05 Å². The van der Waals surface area contributed by atoms with Crippen molar-refractivity contribution >= 4 is 16.8 Å². The maximum absolute atomic E-state index is 13.3. The van der Waals surface area contributed by atoms with Crippen LogP contribution in [-0.2, 0) is 18.4 Å². The van der Waals surface area contributed by atoms with Gasteiger partial charge >= 0.3 is 0 Å². The largest absolute Gasteiger partial charge is 0.346 e. The zero-order chi connectivity index (χ0) is 19.3. The zero-order valence-corrected chi connectivity index (χ0v) is 17.4. The molecule has 1 aromatic carbocycles. The average molecular weight is 382 g/mol. The molecule has 4 nitrogen and oxygen atoms in total. The third-order valence-electron chi connectivity index (χ3n) is 6.81. The predicted molar refractivity (Wildman–Crippen MR) is 115 cm³/mol. The molecule has 0 atom stereocenters. The van der Waals surface area contributed by atoms with E-state index in [-0.39, 0.29) is 0 Å². The number of rotatable bonds is 6. The summed E-state index contributed by atoms with van der Waals surface area (Å²) >= 11 is 0. The molecule has 0 spiro atoms. The van der Waals surface area contributed by atoms with Crippen molar-refractivity contribution in [2.75, 3.05) is 19.6 Å². The van der Waals surface area contributed by atoms with Gasteiger partial charge in [0.15, 0.2) is 0 Å². The minimum atomic E-state index is 0.350. The number of para-hydroxylation sites is 1. The summed E-state index contributed by atoms with van der Waals surface area (Å²) in [4.78, 5) is 18.0. The molecule has 1 saturated carbocycles. The van der Waals surface area contributed by atoms with Gasteiger partial charge in [0.25, 0.3) is 0 Å². The number of piperidine rings is 1. The van der Waals surface area contributed by atoms with Crippen LogP contribution >= 0.6 is 0 Å². The number of fused-ring (bicyclic) bond motifs is 1. The van der Waals surface area contributed by atoms with Gasteiger partial charge in [-0.3, -0.25) is 4.79 Å². The van der Waals surface area contributed by atoms with Gasteiger partial charge in [0.1, 0.15) is 0 Å². The van der Waals surface area contributed by atoms with Crippen molar-refractivity contribution < 1.29 is 4.79 Å². The van der Waals surface area contributed by atoms with Crippen LogP contribution in [0.3, 0.4) is 0 Å². The van der Waals surface area contributed by atoms with Crippen molar-refractivity contribution in [3.63, 3.8) is 0 Å². The zero-order valence-electron chi connectivity index (χ0n) is 17.4. The summed E-state index contributed by atoms with van der Waals surface area (Å²) in [6.45, 7) is 4.01. The molecule has 0 bridgehead atoms. The molecular formula is C24H35N3O. The Labute approximate surface area is 169 Å². The third kappa shape index (κ3) is 4.43. The molecular weight excluding hydrogens is 346 g/mol. The Kier molecular flexibility index (Phi) is 6.36. The highest BCUT2D eigenvalue weighted by atomic mass is 16.2. The molecule has 1 saturated heterocycles. The third-order valence-corrected chi connectivity index (χ3v) is 6.81. The summed E-state index contributed by atoms with van der Waals surface area (Å²) in [7, 11) is 2.13. The smallest absolute Gasteiger partial charge is 0.224 e. The van der Waals surface area contributed by atoms with Gasteiger partial charge in [-0.2, -0.15) is 0 Å². The first kappa shape index (κ1) is 19.5. The fourth-order valence-electron chi connectivity index (χ4n) is 5.07. The van der Waals surface area contributed by atoms with Crippen molar-refractivity contribution in [1.29, 1.82) is 0 Å². The quantitative estimate of drug-likeness (QED) is 0.725. The van der Waals surface area contributed by atoms with Gasteiger partial charge in [0, 0.05) is 37.3 Å². The lowest BCUT2D eigenvalue weighted by Crippen LogP contribution is -2.43. The molecule has 28 heavy (non-hydrogen) atoms. The van der Waals surface area contributed by atoms with Crippen LogP contribution in [-0.4, -0.2) is 46.0 Å². The van der Waals surface area contributed by atoms with E-state index in [9.17, 15) is 4.79 Å². The van der Waals surface area contributed by atoms with Gasteiger partial charge in [-0.05, 0) is 56.3 Å². The van der Waals surface area contributed by atoms with Crippen LogP contribution in [0.5, 0.6) is 0 Å². The Morgan fingerprint density at radius 3 is 2.50 bits per heavy atom. The lowest BCUT2D eigenvalue weighted by molar-refractivity contribution is -0.135. The number of carbonyl (C=O) groups excluding carboxylic acids is 1. The number of benzene rings is 1. The fourth-order valence-corrected chi connectivity index (χ4v) is 5.07. The summed E-state index contributed by atoms with van der Waals surface area (Å²) < 4.78 is 2.27. The van der Waals surface area contributed by atoms with Crippen molar-refractivity contribution in [3.8, 4) is 0 Å². The number of hydrogen-bond acceptors (Lipinski definition) is 2. The second-order valence-electron chi connectivity index (χ2n) is 8.72. The standard InChI is InChI=1S/C24H35N3O/c1-25-22(18-20-10-6-7-13-23(20)25)19-27(21-11-4-2-5-12-21)24(28)14-17-26-15-8-3-9-16-26/h6-7,10,13,18,21H,2-5,8-9,11-12,14-17,19H2,1H3. The molecule has 0 N–H and O–H groups in total. The van der Waals surface area contributed by atoms with E-state index >= 15 is 0 Å². The van der Waals surface area contributed by atoms with Gasteiger partial charge in [-0.15, -0.1) is 0 Å². The first-order chi connectivity index (χ1) is 13.7. The summed E-state index contributed by atoms with van der Waals surface area (Å²) in [6.07, 6.45) is 10.8. The van der Waals surface area contributed by atoms with Gasteiger partial charge in [-0.1, -0.05) is 43.9 Å². The Morgan fingerprint density at radius 2 is 1.75 bits per heavy atom. The van der Waals surface area contributed by atoms with Crippen LogP contribution in [0.15, 0.2) is 30.3 Å². The van der Waals surface area contributed by atoms with Crippen LogP contribution < -0.4 is 0 Å². The molecule has 0 unspecified atom stereocenters. The molecule has 1 aliphatic carbocycles. The molecule has 4 rings (SSSR count). The normalized spacial score (nSPS) is 19.2. The number of aromatic nitrogens is 1. The Balaban J connectivity index is 1.49. The molecule has 0 radical (unpaired) electrons. The minimum absolute atomic E-state index is 0.350. The number of amides is 1. The minimum Gasteiger partial charge on any atom is -0.346 e. The first-order valence-corrected chi connectivity index (χ1v) is 11.3. The molecule has 2 heterocycles. The first-order valence-electron chi connectivity index (χ1n) is 11.3. The maximum atomic E-state index is 13.3. The number of hydrogen-bond donors (Lipinski definition) is 0. The summed E-state index contributed by atoms with van der Waals surface area (Å²) in [6, 6.07) is 11.2. The molecule has 1 aliphatic heterocycles. The van der Waals surface area contributed by atoms with E-state index in [4.69, 9.17) is 0 Å². The van der Waals surface area contributed by atoms with E-state index in [0.29, 0.717) is 18.4 Å². The second kappa shape index (κ2) is 9.13. The van der Waals surface area contributed by atoms with Crippen LogP contribution in [0.25, 0.3) is 10.9 Å². The lowest BCUT2D eigenvalue weighted by atomic mass is 9.93. The molecule has 2 aliphatic rings. The Morgan fingerprint density at radius 1 is 1.04 bits per heavy atom. The van der Waals surface area contributed by atoms with Crippen LogP contribution in [0.1, 0.15) is 63.5 Å². The molecule has 1 aromatic heterocycles. The van der Waals surface area contributed by atoms with E-state index in [1.165, 1.54) is 81.1 Å². The van der Waals surface area contributed by atoms with Crippen molar-refractivity contribution in [3.05, 3.63) is 36.0 Å². The molecule has 1 amide bonds. The monoisotopic (exact) mass is 381 g/mol. The SMILES string of the molecule is Cn1c(CN(C(=O)CCN2CCCCC2)C2CCCCC2)cc2ccccc21. The van der Waals surface area contributed by atoms with Gasteiger partial charge in [0.2, 0.25) is 5.91 Å². The number of aryl methyl sites for hydroxylation is 1. The predicted octanol–water partition coefficient (Wildman–Crippen LogP) is 4.72. The Bertz CT molecular complexity index is 784. The van der Waals surface area contributed by atoms with Gasteiger partial charge in [-0.25, -0.2) is 0 Å². The van der Waals surface area contributed by atoms with Gasteiger partial charge in [0.05, 0.1) is 6.54 Å². The highest BCUT2D eigenvalue weighted by molar-refractivity contribution is 5.81. The summed E-state index contributed by atoms with van der Waals surface area (Å²) in [5, 5.41) is 1.27. The van der Waals surface area contributed by atoms with E-state index in [0.717, 1.165) is 13.1 Å². The van der Waals surface area contributed by atoms with E-state index in [2.05, 4.69) is 51.7 Å². The number of likely N-dealkylation sites (tertiary alicyclic amines) is 1. The van der Waals surface area contributed by atoms with E-state index in [1.807, 2.05) is 0 Å². The van der Waals surface area contributed by atoms with Gasteiger partial charge < -0.3 is 14.4 Å². The van der Waals surface area contributed by atoms with Crippen LogP contribution in [0.2, 0.25) is 0 Å². The summed E-state index contributed by atoms with van der Waals surface area (Å²) in [5.74, 6) is 0.350. The highest BCUT2D eigenvalue weighted by Crippen LogP contribution is 2.27. The molecule has 2 aromatic rings. The van der Waals surface area contributed by atoms with Crippen LogP contribution in [0.4, 0.5) is 0 Å². The van der Waals surface area contributed by atoms with Crippen molar-refractivity contribution in [1.82, 2.24) is 14.4 Å². The lowest BCUT2D eigenvalue weighted by Gasteiger charge is -2.35. The topological polar surface area (TPSA) is 28.5 Å². The van der Waals surface area contributed by atoms with Crippen LogP contribution in [0, 0.1) is 0 Å². The number of nitrogens with zero attached hydrogens (tertiary/aromatic N) is 3. The second-order valence-corrected chi connectivity index (χ2v) is 8.72. The maximum Gasteiger partial charge on any atom is 0.224 e. The molecule has 2 fully saturated rings. The number of carbonyl (C=O) groups is 1.